The van der Waals surface area contributed by atoms with Crippen LogP contribution in [-0.4, -0.2) is 51.3 Å². The maximum absolute atomic E-state index is 12.0. The van der Waals surface area contributed by atoms with Crippen LogP contribution in [0.5, 0.6) is 0 Å². The first-order valence-electron chi connectivity index (χ1n) is 6.17. The topological polar surface area (TPSA) is 72.6 Å². The maximum Gasteiger partial charge on any atom is 0.214 e. The van der Waals surface area contributed by atoms with E-state index in [1.54, 1.807) is 14.2 Å². The molecule has 5 nitrogen and oxygen atoms in total. The largest absolute Gasteiger partial charge is 0.385 e. The Balaban J connectivity index is 2.47. The van der Waals surface area contributed by atoms with Crippen LogP contribution >= 0.6 is 0 Å². The predicted octanol–water partition coefficient (Wildman–Crippen LogP) is 0.554. The lowest BCUT2D eigenvalue weighted by Crippen LogP contribution is -2.42. The van der Waals surface area contributed by atoms with Crippen LogP contribution in [0.1, 0.15) is 32.1 Å². The minimum Gasteiger partial charge on any atom is -0.385 e. The molecule has 0 aromatic heterocycles. The Bertz CT molecular complexity index is 311. The highest BCUT2D eigenvalue weighted by Gasteiger charge is 2.28. The van der Waals surface area contributed by atoms with Crippen LogP contribution in [0.15, 0.2) is 0 Å². The standard InChI is InChI=1S/C11H24N2O3S/c1-13(11-6-4-10(12)5-7-11)17(14,15)9-3-8-16-2/h10-11H,3-9,12H2,1-2H3. The zero-order chi connectivity index (χ0) is 12.9. The van der Waals surface area contributed by atoms with Crippen molar-refractivity contribution in [1.29, 1.82) is 0 Å². The third-order valence-corrected chi connectivity index (χ3v) is 5.43. The normalized spacial score (nSPS) is 26.4. The van der Waals surface area contributed by atoms with Gasteiger partial charge in [0.2, 0.25) is 10.0 Å². The molecule has 0 aliphatic heterocycles. The van der Waals surface area contributed by atoms with Gasteiger partial charge in [-0.1, -0.05) is 0 Å². The highest BCUT2D eigenvalue weighted by molar-refractivity contribution is 7.89. The van der Waals surface area contributed by atoms with Crippen LogP contribution in [-0.2, 0) is 14.8 Å². The van der Waals surface area contributed by atoms with Crippen LogP contribution < -0.4 is 5.73 Å². The number of sulfonamides is 1. The molecule has 0 aromatic carbocycles. The van der Waals surface area contributed by atoms with Crippen molar-refractivity contribution in [3.63, 3.8) is 0 Å². The Hall–Kier alpha value is -0.170. The quantitative estimate of drug-likeness (QED) is 0.711. The molecular formula is C11H24N2O3S. The molecule has 0 radical (unpaired) electrons. The summed E-state index contributed by atoms with van der Waals surface area (Å²) in [6.07, 6.45) is 4.14. The van der Waals surface area contributed by atoms with Crippen molar-refractivity contribution >= 4 is 10.0 Å². The molecule has 0 bridgehead atoms. The summed E-state index contributed by atoms with van der Waals surface area (Å²) in [5.74, 6) is 0.167. The van der Waals surface area contributed by atoms with Gasteiger partial charge in [-0.15, -0.1) is 0 Å². The molecule has 6 heteroatoms. The molecule has 0 aromatic rings. The number of ether oxygens (including phenoxy) is 1. The second-order valence-electron chi connectivity index (χ2n) is 4.75. The summed E-state index contributed by atoms with van der Waals surface area (Å²) in [4.78, 5) is 0. The number of methoxy groups -OCH3 is 1. The molecule has 0 unspecified atom stereocenters. The first kappa shape index (κ1) is 14.9. The predicted molar refractivity (Wildman–Crippen MR) is 68.3 cm³/mol. The fourth-order valence-corrected chi connectivity index (χ4v) is 3.66. The molecule has 0 spiro atoms. The van der Waals surface area contributed by atoms with E-state index in [1.807, 2.05) is 0 Å². The molecule has 1 fully saturated rings. The van der Waals surface area contributed by atoms with Crippen LogP contribution in [0, 0.1) is 0 Å². The number of nitrogens with zero attached hydrogens (tertiary/aromatic N) is 1. The molecule has 1 aliphatic rings. The zero-order valence-electron chi connectivity index (χ0n) is 10.8. The van der Waals surface area contributed by atoms with E-state index in [9.17, 15) is 8.42 Å². The number of hydrogen-bond acceptors (Lipinski definition) is 4. The monoisotopic (exact) mass is 264 g/mol. The van der Waals surface area contributed by atoms with E-state index in [4.69, 9.17) is 10.5 Å². The lowest BCUT2D eigenvalue weighted by Gasteiger charge is -2.32. The fraction of sp³-hybridized carbons (Fsp3) is 1.00. The number of rotatable bonds is 6. The minimum atomic E-state index is -3.14. The van der Waals surface area contributed by atoms with E-state index in [2.05, 4.69) is 0 Å². The molecule has 0 heterocycles. The van der Waals surface area contributed by atoms with Gasteiger partial charge in [-0.25, -0.2) is 12.7 Å². The second kappa shape index (κ2) is 6.68. The Kier molecular flexibility index (Phi) is 5.85. The lowest BCUT2D eigenvalue weighted by molar-refractivity contribution is 0.198. The van der Waals surface area contributed by atoms with Gasteiger partial charge < -0.3 is 10.5 Å². The first-order chi connectivity index (χ1) is 7.97. The third-order valence-electron chi connectivity index (χ3n) is 3.45. The number of nitrogens with two attached hydrogens (primary N) is 1. The third kappa shape index (κ3) is 4.54. The number of hydrogen-bond donors (Lipinski definition) is 1. The Morgan fingerprint density at radius 2 is 1.88 bits per heavy atom. The SMILES string of the molecule is COCCCS(=O)(=O)N(C)C1CCC(N)CC1. The van der Waals surface area contributed by atoms with Crippen molar-refractivity contribution in [3.8, 4) is 0 Å². The highest BCUT2D eigenvalue weighted by atomic mass is 32.2. The van der Waals surface area contributed by atoms with Gasteiger partial charge in [0, 0.05) is 32.8 Å². The summed E-state index contributed by atoms with van der Waals surface area (Å²) in [7, 11) is 0.129. The van der Waals surface area contributed by atoms with Crippen molar-refractivity contribution in [1.82, 2.24) is 4.31 Å². The van der Waals surface area contributed by atoms with E-state index in [1.165, 1.54) is 4.31 Å². The van der Waals surface area contributed by atoms with Gasteiger partial charge in [-0.3, -0.25) is 0 Å². The summed E-state index contributed by atoms with van der Waals surface area (Å²) in [6, 6.07) is 0.373. The van der Waals surface area contributed by atoms with Crippen molar-refractivity contribution in [2.45, 2.75) is 44.2 Å². The van der Waals surface area contributed by atoms with Gasteiger partial charge in [-0.05, 0) is 32.1 Å². The second-order valence-corrected chi connectivity index (χ2v) is 6.90. The van der Waals surface area contributed by atoms with Crippen LogP contribution in [0.4, 0.5) is 0 Å². The van der Waals surface area contributed by atoms with Gasteiger partial charge in [0.25, 0.3) is 0 Å². The van der Waals surface area contributed by atoms with Gasteiger partial charge in [0.1, 0.15) is 0 Å². The summed E-state index contributed by atoms with van der Waals surface area (Å²) in [5, 5.41) is 0. The molecule has 1 saturated carbocycles. The van der Waals surface area contributed by atoms with Gasteiger partial charge in [0.15, 0.2) is 0 Å². The molecule has 2 N–H and O–H groups in total. The van der Waals surface area contributed by atoms with Gasteiger partial charge in [-0.2, -0.15) is 0 Å². The van der Waals surface area contributed by atoms with Crippen LogP contribution in [0.3, 0.4) is 0 Å². The van der Waals surface area contributed by atoms with Crippen LogP contribution in [0.25, 0.3) is 0 Å². The van der Waals surface area contributed by atoms with E-state index < -0.39 is 10.0 Å². The van der Waals surface area contributed by atoms with Crippen molar-refractivity contribution in [2.75, 3.05) is 26.5 Å². The molecule has 102 valence electrons. The van der Waals surface area contributed by atoms with Crippen LogP contribution in [0.2, 0.25) is 0 Å². The molecule has 1 aliphatic carbocycles. The smallest absolute Gasteiger partial charge is 0.214 e. The van der Waals surface area contributed by atoms with Gasteiger partial charge in [0.05, 0.1) is 5.75 Å². The highest BCUT2D eigenvalue weighted by Crippen LogP contribution is 2.23. The molecular weight excluding hydrogens is 240 g/mol. The van der Waals surface area contributed by atoms with Gasteiger partial charge >= 0.3 is 0 Å². The summed E-state index contributed by atoms with van der Waals surface area (Å²) >= 11 is 0. The minimum absolute atomic E-state index is 0.127. The van der Waals surface area contributed by atoms with E-state index in [0.29, 0.717) is 13.0 Å². The molecule has 1 rings (SSSR count). The van der Waals surface area contributed by atoms with E-state index >= 15 is 0 Å². The molecule has 0 saturated heterocycles. The Morgan fingerprint density at radius 3 is 2.41 bits per heavy atom. The summed E-state index contributed by atoms with van der Waals surface area (Å²) in [6.45, 7) is 0.489. The van der Waals surface area contributed by atoms with E-state index in [-0.39, 0.29) is 17.8 Å². The van der Waals surface area contributed by atoms with Crippen molar-refractivity contribution in [3.05, 3.63) is 0 Å². The van der Waals surface area contributed by atoms with E-state index in [0.717, 1.165) is 25.7 Å². The molecule has 0 amide bonds. The molecule has 17 heavy (non-hydrogen) atoms. The maximum atomic E-state index is 12.0. The summed E-state index contributed by atoms with van der Waals surface area (Å²) in [5.41, 5.74) is 5.82. The average Bonchev–Trinajstić information content (AvgIpc) is 2.29. The fourth-order valence-electron chi connectivity index (χ4n) is 2.22. The van der Waals surface area contributed by atoms with Crippen molar-refractivity contribution in [2.24, 2.45) is 5.73 Å². The lowest BCUT2D eigenvalue weighted by atomic mass is 9.92. The molecule has 0 atom stereocenters. The first-order valence-corrected chi connectivity index (χ1v) is 7.78. The Labute approximate surface area is 104 Å². The average molecular weight is 264 g/mol. The Morgan fingerprint density at radius 1 is 1.29 bits per heavy atom. The zero-order valence-corrected chi connectivity index (χ0v) is 11.6. The van der Waals surface area contributed by atoms with Crippen molar-refractivity contribution < 1.29 is 13.2 Å². The summed E-state index contributed by atoms with van der Waals surface area (Å²) < 4.78 is 30.5.